The lowest BCUT2D eigenvalue weighted by Crippen LogP contribution is -2.32. The van der Waals surface area contributed by atoms with Crippen molar-refractivity contribution in [2.24, 2.45) is 16.5 Å². The summed E-state index contributed by atoms with van der Waals surface area (Å²) in [5, 5.41) is 0. The number of nitrogens with two attached hydrogens (primary N) is 2. The van der Waals surface area contributed by atoms with Gasteiger partial charge in [-0.15, -0.1) is 0 Å². The Balaban J connectivity index is 1.53. The van der Waals surface area contributed by atoms with E-state index in [1.807, 2.05) is 0 Å². The van der Waals surface area contributed by atoms with Gasteiger partial charge < -0.3 is 25.8 Å². The van der Waals surface area contributed by atoms with Gasteiger partial charge in [-0.1, -0.05) is 12.1 Å². The first kappa shape index (κ1) is 22.8. The van der Waals surface area contributed by atoms with E-state index in [-0.39, 0.29) is 18.5 Å². The van der Waals surface area contributed by atoms with Gasteiger partial charge in [-0.2, -0.15) is 0 Å². The molecule has 0 bridgehead atoms. The van der Waals surface area contributed by atoms with E-state index in [9.17, 15) is 14.4 Å². The van der Waals surface area contributed by atoms with Crippen molar-refractivity contribution in [2.75, 3.05) is 19.7 Å². The van der Waals surface area contributed by atoms with Crippen molar-refractivity contribution < 1.29 is 23.9 Å². The maximum atomic E-state index is 12.3. The lowest BCUT2D eigenvalue weighted by atomic mass is 10.0. The van der Waals surface area contributed by atoms with Crippen LogP contribution in [0.25, 0.3) is 0 Å². The summed E-state index contributed by atoms with van der Waals surface area (Å²) in [6.45, 7) is 2.88. The standard InChI is InChI=1S/C23H26N4O5/c1-15(21(29)31-14-20(28)27-12-2-3-13-27)16-6-10-19(11-7-16)32-22(30)17-4-8-18(9-5-17)26-23(24)25/h4-11,15H,2-3,12-14H2,1H3,(H4,24,25,26). The van der Waals surface area contributed by atoms with Crippen molar-refractivity contribution in [3.05, 3.63) is 59.7 Å². The Morgan fingerprint density at radius 1 is 1.00 bits per heavy atom. The number of amides is 1. The van der Waals surface area contributed by atoms with E-state index in [1.165, 1.54) is 0 Å². The average molecular weight is 438 g/mol. The van der Waals surface area contributed by atoms with Crippen LogP contribution in [0.2, 0.25) is 0 Å². The lowest BCUT2D eigenvalue weighted by molar-refractivity contribution is -0.152. The van der Waals surface area contributed by atoms with E-state index in [1.54, 1.807) is 60.4 Å². The van der Waals surface area contributed by atoms with Crippen LogP contribution in [0.15, 0.2) is 53.5 Å². The number of ether oxygens (including phenoxy) is 2. The summed E-state index contributed by atoms with van der Waals surface area (Å²) < 4.78 is 10.5. The second kappa shape index (κ2) is 10.4. The Morgan fingerprint density at radius 2 is 1.62 bits per heavy atom. The molecule has 9 heteroatoms. The van der Waals surface area contributed by atoms with Crippen LogP contribution in [0.4, 0.5) is 5.69 Å². The summed E-state index contributed by atoms with van der Waals surface area (Å²) >= 11 is 0. The monoisotopic (exact) mass is 438 g/mol. The summed E-state index contributed by atoms with van der Waals surface area (Å²) in [6, 6.07) is 12.9. The number of esters is 2. The quantitative estimate of drug-likeness (QED) is 0.292. The summed E-state index contributed by atoms with van der Waals surface area (Å²) in [4.78, 5) is 42.2. The van der Waals surface area contributed by atoms with E-state index in [4.69, 9.17) is 20.9 Å². The largest absolute Gasteiger partial charge is 0.455 e. The van der Waals surface area contributed by atoms with Gasteiger partial charge in [0, 0.05) is 13.1 Å². The second-order valence-electron chi connectivity index (χ2n) is 7.46. The van der Waals surface area contributed by atoms with Gasteiger partial charge in [0.05, 0.1) is 17.2 Å². The zero-order valence-corrected chi connectivity index (χ0v) is 17.8. The number of rotatable bonds is 7. The van der Waals surface area contributed by atoms with Gasteiger partial charge in [-0.25, -0.2) is 9.79 Å². The van der Waals surface area contributed by atoms with Crippen molar-refractivity contribution in [1.29, 1.82) is 0 Å². The molecule has 1 heterocycles. The molecule has 1 saturated heterocycles. The molecule has 0 radical (unpaired) electrons. The molecule has 1 amide bonds. The Bertz CT molecular complexity index is 992. The zero-order chi connectivity index (χ0) is 23.1. The van der Waals surface area contributed by atoms with Gasteiger partial charge in [0.1, 0.15) is 5.75 Å². The van der Waals surface area contributed by atoms with Crippen LogP contribution in [0, 0.1) is 0 Å². The number of carbonyl (C=O) groups is 3. The first-order valence-corrected chi connectivity index (χ1v) is 10.3. The first-order valence-electron chi connectivity index (χ1n) is 10.3. The number of carbonyl (C=O) groups excluding carboxylic acids is 3. The highest BCUT2D eigenvalue weighted by Crippen LogP contribution is 2.22. The molecular formula is C23H26N4O5. The minimum absolute atomic E-state index is 0.0725. The zero-order valence-electron chi connectivity index (χ0n) is 17.8. The van der Waals surface area contributed by atoms with Crippen molar-refractivity contribution in [1.82, 2.24) is 4.90 Å². The minimum Gasteiger partial charge on any atom is -0.455 e. The highest BCUT2D eigenvalue weighted by Gasteiger charge is 2.22. The van der Waals surface area contributed by atoms with E-state index in [2.05, 4.69) is 4.99 Å². The van der Waals surface area contributed by atoms with Crippen LogP contribution in [0.3, 0.4) is 0 Å². The third kappa shape index (κ3) is 6.07. The number of nitrogens with zero attached hydrogens (tertiary/aromatic N) is 2. The molecule has 0 aromatic heterocycles. The van der Waals surface area contributed by atoms with E-state index in [0.29, 0.717) is 35.7 Å². The minimum atomic E-state index is -0.561. The predicted octanol–water partition coefficient (Wildman–Crippen LogP) is 2.08. The van der Waals surface area contributed by atoms with E-state index >= 15 is 0 Å². The third-order valence-electron chi connectivity index (χ3n) is 5.10. The molecule has 9 nitrogen and oxygen atoms in total. The second-order valence-corrected chi connectivity index (χ2v) is 7.46. The third-order valence-corrected chi connectivity index (χ3v) is 5.10. The lowest BCUT2D eigenvalue weighted by Gasteiger charge is -2.16. The Kier molecular flexibility index (Phi) is 7.43. The Hall–Kier alpha value is -3.88. The molecule has 3 rings (SSSR count). The number of likely N-dealkylation sites (tertiary alicyclic amines) is 1. The summed E-state index contributed by atoms with van der Waals surface area (Å²) in [6.07, 6.45) is 1.96. The van der Waals surface area contributed by atoms with Crippen LogP contribution in [-0.4, -0.2) is 48.4 Å². The summed E-state index contributed by atoms with van der Waals surface area (Å²) in [5.41, 5.74) is 12.2. The number of guanidine groups is 1. The van der Waals surface area contributed by atoms with Gasteiger partial charge in [-0.3, -0.25) is 9.59 Å². The Labute approximate surface area is 186 Å². The number of aliphatic imine (C=N–C) groups is 1. The average Bonchev–Trinajstić information content (AvgIpc) is 3.32. The maximum Gasteiger partial charge on any atom is 0.343 e. The molecule has 2 aromatic carbocycles. The van der Waals surface area contributed by atoms with Gasteiger partial charge in [0.25, 0.3) is 5.91 Å². The topological polar surface area (TPSA) is 137 Å². The summed E-state index contributed by atoms with van der Waals surface area (Å²) in [7, 11) is 0. The van der Waals surface area contributed by atoms with Crippen LogP contribution < -0.4 is 16.2 Å². The number of hydrogen-bond donors (Lipinski definition) is 2. The normalized spacial score (nSPS) is 13.8. The van der Waals surface area contributed by atoms with E-state index in [0.717, 1.165) is 12.8 Å². The van der Waals surface area contributed by atoms with Crippen molar-refractivity contribution in [3.63, 3.8) is 0 Å². The fraction of sp³-hybridized carbons (Fsp3) is 0.304. The van der Waals surface area contributed by atoms with Gasteiger partial charge in [-0.05, 0) is 61.7 Å². The molecule has 1 aliphatic heterocycles. The van der Waals surface area contributed by atoms with Crippen LogP contribution in [-0.2, 0) is 14.3 Å². The van der Waals surface area contributed by atoms with Crippen molar-refractivity contribution in [2.45, 2.75) is 25.7 Å². The fourth-order valence-electron chi connectivity index (χ4n) is 3.26. The number of benzene rings is 2. The molecule has 4 N–H and O–H groups in total. The molecule has 2 aromatic rings. The molecule has 0 aliphatic carbocycles. The van der Waals surface area contributed by atoms with Crippen molar-refractivity contribution >= 4 is 29.5 Å². The molecular weight excluding hydrogens is 412 g/mol. The Morgan fingerprint density at radius 3 is 2.22 bits per heavy atom. The molecule has 1 aliphatic rings. The molecule has 32 heavy (non-hydrogen) atoms. The van der Waals surface area contributed by atoms with Crippen molar-refractivity contribution in [3.8, 4) is 5.75 Å². The fourth-order valence-corrected chi connectivity index (χ4v) is 3.26. The predicted molar refractivity (Wildman–Crippen MR) is 119 cm³/mol. The number of hydrogen-bond acceptors (Lipinski definition) is 6. The van der Waals surface area contributed by atoms with Gasteiger partial charge in [0.2, 0.25) is 0 Å². The van der Waals surface area contributed by atoms with Gasteiger partial charge >= 0.3 is 11.9 Å². The molecule has 0 spiro atoms. The highest BCUT2D eigenvalue weighted by atomic mass is 16.5. The van der Waals surface area contributed by atoms with Crippen LogP contribution in [0.1, 0.15) is 41.6 Å². The smallest absolute Gasteiger partial charge is 0.343 e. The van der Waals surface area contributed by atoms with Gasteiger partial charge in [0.15, 0.2) is 12.6 Å². The first-order chi connectivity index (χ1) is 15.3. The van der Waals surface area contributed by atoms with Crippen LogP contribution in [0.5, 0.6) is 5.75 Å². The van der Waals surface area contributed by atoms with E-state index < -0.39 is 17.9 Å². The molecule has 0 saturated carbocycles. The summed E-state index contributed by atoms with van der Waals surface area (Å²) in [5.74, 6) is -1.50. The molecule has 1 fully saturated rings. The SMILES string of the molecule is CC(C(=O)OCC(=O)N1CCCC1)c1ccc(OC(=O)c2ccc(N=C(N)N)cc2)cc1. The molecule has 1 atom stereocenters. The molecule has 168 valence electrons. The maximum absolute atomic E-state index is 12.3. The molecule has 1 unspecified atom stereocenters. The van der Waals surface area contributed by atoms with Crippen LogP contribution >= 0.6 is 0 Å². The highest BCUT2D eigenvalue weighted by molar-refractivity contribution is 5.91.